The SMILES string of the molecule is O=C(O)CCCNC(=O)C1CCC(C(F)(F)F)CC1. The maximum absolute atomic E-state index is 12.4. The van der Waals surface area contributed by atoms with E-state index in [-0.39, 0.29) is 50.5 Å². The molecule has 0 aromatic carbocycles. The minimum Gasteiger partial charge on any atom is -0.481 e. The van der Waals surface area contributed by atoms with Crippen LogP contribution in [0, 0.1) is 11.8 Å². The number of halogens is 3. The number of alkyl halides is 3. The highest BCUT2D eigenvalue weighted by Crippen LogP contribution is 2.39. The maximum Gasteiger partial charge on any atom is 0.391 e. The van der Waals surface area contributed by atoms with Crippen LogP contribution in [0.5, 0.6) is 0 Å². The second-order valence-electron chi connectivity index (χ2n) is 4.88. The summed E-state index contributed by atoms with van der Waals surface area (Å²) in [5, 5.41) is 11.0. The molecule has 1 aliphatic carbocycles. The molecule has 4 nitrogen and oxygen atoms in total. The van der Waals surface area contributed by atoms with Gasteiger partial charge in [-0.15, -0.1) is 0 Å². The van der Waals surface area contributed by atoms with Crippen LogP contribution in [0.3, 0.4) is 0 Å². The molecular formula is C12H18F3NO3. The zero-order valence-corrected chi connectivity index (χ0v) is 10.5. The molecular weight excluding hydrogens is 263 g/mol. The fourth-order valence-corrected chi connectivity index (χ4v) is 2.28. The average Bonchev–Trinajstić information content (AvgIpc) is 2.33. The molecule has 1 amide bonds. The van der Waals surface area contributed by atoms with Crippen molar-refractivity contribution in [2.75, 3.05) is 6.54 Å². The third-order valence-corrected chi connectivity index (χ3v) is 3.43. The summed E-state index contributed by atoms with van der Waals surface area (Å²) in [7, 11) is 0. The van der Waals surface area contributed by atoms with Crippen molar-refractivity contribution < 1.29 is 27.9 Å². The molecule has 0 atom stereocenters. The standard InChI is InChI=1S/C12H18F3NO3/c13-12(14,15)9-5-3-8(4-6-9)11(19)16-7-1-2-10(17)18/h8-9H,1-7H2,(H,16,19)(H,17,18). The normalized spacial score (nSPS) is 23.9. The Balaban J connectivity index is 2.23. The van der Waals surface area contributed by atoms with Gasteiger partial charge >= 0.3 is 12.1 Å². The van der Waals surface area contributed by atoms with Gasteiger partial charge in [-0.3, -0.25) is 9.59 Å². The lowest BCUT2D eigenvalue weighted by molar-refractivity contribution is -0.184. The molecule has 0 aliphatic heterocycles. The van der Waals surface area contributed by atoms with Gasteiger partial charge in [-0.25, -0.2) is 0 Å². The van der Waals surface area contributed by atoms with E-state index in [2.05, 4.69) is 5.32 Å². The van der Waals surface area contributed by atoms with Gasteiger partial charge in [-0.2, -0.15) is 13.2 Å². The summed E-state index contributed by atoms with van der Waals surface area (Å²) in [5.74, 6) is -2.85. The molecule has 0 spiro atoms. The van der Waals surface area contributed by atoms with Gasteiger partial charge in [0.15, 0.2) is 0 Å². The lowest BCUT2D eigenvalue weighted by Crippen LogP contribution is -2.36. The van der Waals surface area contributed by atoms with E-state index in [0.717, 1.165) is 0 Å². The zero-order valence-electron chi connectivity index (χ0n) is 10.5. The fraction of sp³-hybridized carbons (Fsp3) is 0.833. The number of nitrogens with one attached hydrogen (secondary N) is 1. The summed E-state index contributed by atoms with van der Waals surface area (Å²) in [6, 6.07) is 0. The third-order valence-electron chi connectivity index (χ3n) is 3.43. The maximum atomic E-state index is 12.4. The fourth-order valence-electron chi connectivity index (χ4n) is 2.28. The molecule has 1 fully saturated rings. The lowest BCUT2D eigenvalue weighted by Gasteiger charge is -2.29. The zero-order chi connectivity index (χ0) is 14.5. The van der Waals surface area contributed by atoms with Crippen molar-refractivity contribution in [3.63, 3.8) is 0 Å². The van der Waals surface area contributed by atoms with Gasteiger partial charge < -0.3 is 10.4 Å². The number of rotatable bonds is 5. The predicted octanol–water partition coefficient (Wildman–Crippen LogP) is 2.34. The van der Waals surface area contributed by atoms with E-state index in [1.165, 1.54) is 0 Å². The molecule has 0 aromatic heterocycles. The molecule has 19 heavy (non-hydrogen) atoms. The van der Waals surface area contributed by atoms with Crippen LogP contribution in [-0.4, -0.2) is 29.7 Å². The highest BCUT2D eigenvalue weighted by Gasteiger charge is 2.42. The van der Waals surface area contributed by atoms with Crippen molar-refractivity contribution in [3.8, 4) is 0 Å². The number of carboxylic acid groups (broad SMARTS) is 1. The average molecular weight is 281 g/mol. The minimum atomic E-state index is -4.16. The van der Waals surface area contributed by atoms with E-state index in [0.29, 0.717) is 6.42 Å². The van der Waals surface area contributed by atoms with Crippen LogP contribution < -0.4 is 5.32 Å². The van der Waals surface area contributed by atoms with Gasteiger partial charge in [0, 0.05) is 18.9 Å². The van der Waals surface area contributed by atoms with Crippen LogP contribution in [0.15, 0.2) is 0 Å². The van der Waals surface area contributed by atoms with E-state index < -0.39 is 18.1 Å². The van der Waals surface area contributed by atoms with Gasteiger partial charge in [0.2, 0.25) is 5.91 Å². The van der Waals surface area contributed by atoms with Gasteiger partial charge in [0.1, 0.15) is 0 Å². The highest BCUT2D eigenvalue weighted by molar-refractivity contribution is 5.78. The van der Waals surface area contributed by atoms with Gasteiger partial charge in [0.25, 0.3) is 0 Å². The molecule has 0 radical (unpaired) electrons. The van der Waals surface area contributed by atoms with Gasteiger partial charge in [-0.05, 0) is 32.1 Å². The molecule has 0 bridgehead atoms. The van der Waals surface area contributed by atoms with Crippen molar-refractivity contribution in [2.45, 2.75) is 44.7 Å². The number of hydrogen-bond donors (Lipinski definition) is 2. The van der Waals surface area contributed by atoms with E-state index in [9.17, 15) is 22.8 Å². The van der Waals surface area contributed by atoms with Crippen LogP contribution in [0.4, 0.5) is 13.2 Å². The number of carbonyl (C=O) groups excluding carboxylic acids is 1. The Hall–Kier alpha value is -1.27. The summed E-state index contributed by atoms with van der Waals surface area (Å²) in [6.07, 6.45) is -3.37. The Morgan fingerprint density at radius 2 is 1.74 bits per heavy atom. The highest BCUT2D eigenvalue weighted by atomic mass is 19.4. The molecule has 110 valence electrons. The first-order valence-corrected chi connectivity index (χ1v) is 6.37. The largest absolute Gasteiger partial charge is 0.481 e. The van der Waals surface area contributed by atoms with Crippen LogP contribution in [-0.2, 0) is 9.59 Å². The number of carboxylic acids is 1. The second kappa shape index (κ2) is 6.77. The van der Waals surface area contributed by atoms with Crippen LogP contribution >= 0.6 is 0 Å². The molecule has 1 rings (SSSR count). The van der Waals surface area contributed by atoms with E-state index in [1.807, 2.05) is 0 Å². The van der Waals surface area contributed by atoms with Crippen LogP contribution in [0.25, 0.3) is 0 Å². The first kappa shape index (κ1) is 15.8. The molecule has 7 heteroatoms. The molecule has 0 aromatic rings. The van der Waals surface area contributed by atoms with Crippen molar-refractivity contribution in [3.05, 3.63) is 0 Å². The van der Waals surface area contributed by atoms with Crippen LogP contribution in [0.2, 0.25) is 0 Å². The predicted molar refractivity (Wildman–Crippen MR) is 61.4 cm³/mol. The summed E-state index contributed by atoms with van der Waals surface area (Å²) in [6.45, 7) is 0.254. The molecule has 2 N–H and O–H groups in total. The van der Waals surface area contributed by atoms with Crippen LogP contribution in [0.1, 0.15) is 38.5 Å². The number of hydrogen-bond acceptors (Lipinski definition) is 2. The first-order valence-electron chi connectivity index (χ1n) is 6.37. The number of carbonyl (C=O) groups is 2. The van der Waals surface area contributed by atoms with Gasteiger partial charge in [-0.1, -0.05) is 0 Å². The topological polar surface area (TPSA) is 66.4 Å². The Morgan fingerprint density at radius 3 is 2.21 bits per heavy atom. The summed E-state index contributed by atoms with van der Waals surface area (Å²) in [4.78, 5) is 21.9. The Labute approximate surface area is 109 Å². The van der Waals surface area contributed by atoms with Crippen molar-refractivity contribution >= 4 is 11.9 Å². The monoisotopic (exact) mass is 281 g/mol. The Bertz CT molecular complexity index is 323. The van der Waals surface area contributed by atoms with E-state index in [1.54, 1.807) is 0 Å². The van der Waals surface area contributed by atoms with E-state index in [4.69, 9.17) is 5.11 Å². The van der Waals surface area contributed by atoms with Gasteiger partial charge in [0.05, 0.1) is 5.92 Å². The van der Waals surface area contributed by atoms with E-state index >= 15 is 0 Å². The first-order chi connectivity index (χ1) is 8.80. The smallest absolute Gasteiger partial charge is 0.391 e. The Kier molecular flexibility index (Phi) is 5.62. The number of amides is 1. The van der Waals surface area contributed by atoms with Crippen molar-refractivity contribution in [1.29, 1.82) is 0 Å². The van der Waals surface area contributed by atoms with Crippen molar-refractivity contribution in [2.24, 2.45) is 11.8 Å². The van der Waals surface area contributed by atoms with Crippen molar-refractivity contribution in [1.82, 2.24) is 5.32 Å². The molecule has 1 saturated carbocycles. The summed E-state index contributed by atoms with van der Waals surface area (Å²) < 4.78 is 37.3. The summed E-state index contributed by atoms with van der Waals surface area (Å²) in [5.41, 5.74) is 0. The molecule has 0 saturated heterocycles. The minimum absolute atomic E-state index is 0.00326. The second-order valence-corrected chi connectivity index (χ2v) is 4.88. The Morgan fingerprint density at radius 1 is 1.16 bits per heavy atom. The quantitative estimate of drug-likeness (QED) is 0.760. The molecule has 0 unspecified atom stereocenters. The third kappa shape index (κ3) is 5.48. The molecule has 1 aliphatic rings. The lowest BCUT2D eigenvalue weighted by atomic mass is 9.81. The summed E-state index contributed by atoms with van der Waals surface area (Å²) >= 11 is 0. The molecule has 0 heterocycles. The number of aliphatic carboxylic acids is 1.